The fourth-order valence-electron chi connectivity index (χ4n) is 3.00. The van der Waals surface area contributed by atoms with E-state index in [1.807, 2.05) is 58.0 Å². The maximum atomic E-state index is 12.2. The van der Waals surface area contributed by atoms with Crippen molar-refractivity contribution in [3.8, 4) is 5.75 Å². The predicted molar refractivity (Wildman–Crippen MR) is 122 cm³/mol. The number of amides is 1. The van der Waals surface area contributed by atoms with Crippen LogP contribution in [0.3, 0.4) is 0 Å². The number of ether oxygens (including phenoxy) is 1. The minimum absolute atomic E-state index is 0.118. The zero-order chi connectivity index (χ0) is 22.3. The summed E-state index contributed by atoms with van der Waals surface area (Å²) in [6.07, 6.45) is 1.87. The SMILES string of the molecule is Cc1ccc(OCCNC(=O)CCCN(c2ccc(C)c(C)c2)S(C)(=O)=O)cc1C. The Morgan fingerprint density at radius 3 is 2.20 bits per heavy atom. The van der Waals surface area contributed by atoms with Crippen LogP contribution in [0.5, 0.6) is 5.75 Å². The third kappa shape index (κ3) is 7.06. The Hall–Kier alpha value is -2.54. The van der Waals surface area contributed by atoms with Gasteiger partial charge in [0, 0.05) is 13.0 Å². The molecular formula is C23H32N2O4S. The van der Waals surface area contributed by atoms with E-state index in [0.29, 0.717) is 25.3 Å². The average molecular weight is 433 g/mol. The molecule has 0 aliphatic rings. The van der Waals surface area contributed by atoms with Gasteiger partial charge in [-0.1, -0.05) is 12.1 Å². The molecule has 0 spiro atoms. The molecule has 0 heterocycles. The maximum absolute atomic E-state index is 12.2. The van der Waals surface area contributed by atoms with Gasteiger partial charge in [0.05, 0.1) is 18.5 Å². The summed E-state index contributed by atoms with van der Waals surface area (Å²) in [5.74, 6) is 0.664. The number of hydrogen-bond acceptors (Lipinski definition) is 4. The zero-order valence-corrected chi connectivity index (χ0v) is 19.3. The van der Waals surface area contributed by atoms with E-state index in [9.17, 15) is 13.2 Å². The van der Waals surface area contributed by atoms with Crippen LogP contribution in [0.2, 0.25) is 0 Å². The van der Waals surface area contributed by atoms with Crippen LogP contribution >= 0.6 is 0 Å². The fourth-order valence-corrected chi connectivity index (χ4v) is 3.96. The van der Waals surface area contributed by atoms with E-state index in [-0.39, 0.29) is 18.9 Å². The largest absolute Gasteiger partial charge is 0.492 e. The van der Waals surface area contributed by atoms with Crippen LogP contribution in [0.25, 0.3) is 0 Å². The van der Waals surface area contributed by atoms with Gasteiger partial charge in [0.15, 0.2) is 0 Å². The first-order valence-corrected chi connectivity index (χ1v) is 11.9. The van der Waals surface area contributed by atoms with E-state index >= 15 is 0 Å². The molecule has 0 saturated heterocycles. The lowest BCUT2D eigenvalue weighted by molar-refractivity contribution is -0.121. The van der Waals surface area contributed by atoms with Crippen molar-refractivity contribution in [1.29, 1.82) is 0 Å². The summed E-state index contributed by atoms with van der Waals surface area (Å²) in [7, 11) is -3.42. The molecule has 0 bridgehead atoms. The van der Waals surface area contributed by atoms with Gasteiger partial charge in [-0.25, -0.2) is 8.42 Å². The monoisotopic (exact) mass is 432 g/mol. The van der Waals surface area contributed by atoms with Crippen LogP contribution in [0.15, 0.2) is 36.4 Å². The molecule has 7 heteroatoms. The first-order chi connectivity index (χ1) is 14.1. The summed E-state index contributed by atoms with van der Waals surface area (Å²) in [6, 6.07) is 11.5. The number of anilines is 1. The molecule has 164 valence electrons. The molecule has 30 heavy (non-hydrogen) atoms. The number of rotatable bonds is 10. The van der Waals surface area contributed by atoms with Gasteiger partial charge in [-0.15, -0.1) is 0 Å². The van der Waals surface area contributed by atoms with Crippen molar-refractivity contribution in [3.63, 3.8) is 0 Å². The van der Waals surface area contributed by atoms with E-state index < -0.39 is 10.0 Å². The second-order valence-electron chi connectivity index (χ2n) is 7.65. The molecule has 0 aliphatic heterocycles. The molecule has 0 radical (unpaired) electrons. The van der Waals surface area contributed by atoms with E-state index in [2.05, 4.69) is 5.32 Å². The quantitative estimate of drug-likeness (QED) is 0.582. The molecule has 0 fully saturated rings. The minimum atomic E-state index is -3.42. The van der Waals surface area contributed by atoms with Crippen molar-refractivity contribution in [1.82, 2.24) is 5.32 Å². The molecule has 2 aromatic carbocycles. The summed E-state index contributed by atoms with van der Waals surface area (Å²) < 4.78 is 31.4. The Kier molecular flexibility index (Phi) is 8.29. The van der Waals surface area contributed by atoms with Gasteiger partial charge >= 0.3 is 0 Å². The van der Waals surface area contributed by atoms with Gasteiger partial charge in [-0.05, 0) is 80.6 Å². The van der Waals surface area contributed by atoms with Crippen molar-refractivity contribution in [2.75, 3.05) is 30.3 Å². The van der Waals surface area contributed by atoms with Gasteiger partial charge in [0.25, 0.3) is 0 Å². The van der Waals surface area contributed by atoms with E-state index in [1.54, 1.807) is 6.07 Å². The van der Waals surface area contributed by atoms with Crippen LogP contribution in [0.1, 0.15) is 35.1 Å². The smallest absolute Gasteiger partial charge is 0.232 e. The number of nitrogens with one attached hydrogen (secondary N) is 1. The topological polar surface area (TPSA) is 75.7 Å². The third-order valence-electron chi connectivity index (χ3n) is 5.12. The summed E-state index contributed by atoms with van der Waals surface area (Å²) in [5.41, 5.74) is 5.13. The van der Waals surface area contributed by atoms with Crippen LogP contribution in [0, 0.1) is 27.7 Å². The first kappa shape index (κ1) is 23.7. The average Bonchev–Trinajstić information content (AvgIpc) is 2.66. The Morgan fingerprint density at radius 1 is 0.967 bits per heavy atom. The lowest BCUT2D eigenvalue weighted by Crippen LogP contribution is -2.33. The van der Waals surface area contributed by atoms with Crippen molar-refractivity contribution in [2.45, 2.75) is 40.5 Å². The van der Waals surface area contributed by atoms with Crippen LogP contribution in [0.4, 0.5) is 5.69 Å². The van der Waals surface area contributed by atoms with E-state index in [4.69, 9.17) is 4.74 Å². The molecule has 6 nitrogen and oxygen atoms in total. The van der Waals surface area contributed by atoms with Crippen LogP contribution in [-0.4, -0.2) is 40.3 Å². The lowest BCUT2D eigenvalue weighted by Gasteiger charge is -2.23. The number of aryl methyl sites for hydroxylation is 4. The highest BCUT2D eigenvalue weighted by Crippen LogP contribution is 2.21. The zero-order valence-electron chi connectivity index (χ0n) is 18.5. The van der Waals surface area contributed by atoms with Crippen molar-refractivity contribution in [3.05, 3.63) is 58.7 Å². The summed E-state index contributed by atoms with van der Waals surface area (Å²) in [5, 5.41) is 2.82. The summed E-state index contributed by atoms with van der Waals surface area (Å²) in [6.45, 7) is 9.05. The molecule has 2 aromatic rings. The standard InChI is InChI=1S/C23H32N2O4S/c1-17-8-10-21(15-19(17)3)25(30(5,27)28)13-6-7-23(26)24-12-14-29-22-11-9-18(2)20(4)16-22/h8-11,15-16H,6-7,12-14H2,1-5H3,(H,24,26). The number of nitrogens with zero attached hydrogens (tertiary/aromatic N) is 1. The normalized spacial score (nSPS) is 11.2. The molecular weight excluding hydrogens is 400 g/mol. The van der Waals surface area contributed by atoms with Crippen LogP contribution in [-0.2, 0) is 14.8 Å². The molecule has 1 N–H and O–H groups in total. The van der Waals surface area contributed by atoms with E-state index in [1.165, 1.54) is 16.1 Å². The molecule has 0 aliphatic carbocycles. The molecule has 0 saturated carbocycles. The van der Waals surface area contributed by atoms with Gasteiger partial charge in [-0.3, -0.25) is 9.10 Å². The molecule has 0 aromatic heterocycles. The molecule has 0 unspecified atom stereocenters. The fraction of sp³-hybridized carbons (Fsp3) is 0.435. The van der Waals surface area contributed by atoms with Crippen molar-refractivity contribution < 1.29 is 17.9 Å². The van der Waals surface area contributed by atoms with Crippen molar-refractivity contribution in [2.24, 2.45) is 0 Å². The Morgan fingerprint density at radius 2 is 1.60 bits per heavy atom. The number of benzene rings is 2. The van der Waals surface area contributed by atoms with E-state index in [0.717, 1.165) is 22.4 Å². The number of carbonyl (C=O) groups is 1. The molecule has 2 rings (SSSR count). The van der Waals surface area contributed by atoms with Crippen molar-refractivity contribution >= 4 is 21.6 Å². The van der Waals surface area contributed by atoms with Gasteiger partial charge in [0.1, 0.15) is 12.4 Å². The molecule has 1 amide bonds. The maximum Gasteiger partial charge on any atom is 0.232 e. The highest BCUT2D eigenvalue weighted by atomic mass is 32.2. The second-order valence-corrected chi connectivity index (χ2v) is 9.56. The van der Waals surface area contributed by atoms with Gasteiger partial charge < -0.3 is 10.1 Å². The first-order valence-electron chi connectivity index (χ1n) is 10.1. The van der Waals surface area contributed by atoms with Gasteiger partial charge in [0.2, 0.25) is 15.9 Å². The third-order valence-corrected chi connectivity index (χ3v) is 6.31. The highest BCUT2D eigenvalue weighted by Gasteiger charge is 2.18. The van der Waals surface area contributed by atoms with Crippen LogP contribution < -0.4 is 14.4 Å². The Bertz CT molecular complexity index is 987. The second kappa shape index (κ2) is 10.5. The predicted octanol–water partition coefficient (Wildman–Crippen LogP) is 3.66. The highest BCUT2D eigenvalue weighted by molar-refractivity contribution is 7.92. The minimum Gasteiger partial charge on any atom is -0.492 e. The summed E-state index contributed by atoms with van der Waals surface area (Å²) >= 11 is 0. The Balaban J connectivity index is 1.78. The Labute approximate surface area is 180 Å². The summed E-state index contributed by atoms with van der Waals surface area (Å²) in [4.78, 5) is 12.1. The molecule has 0 atom stereocenters. The van der Waals surface area contributed by atoms with Gasteiger partial charge in [-0.2, -0.15) is 0 Å². The lowest BCUT2D eigenvalue weighted by atomic mass is 10.1. The number of sulfonamides is 1. The number of carbonyl (C=O) groups excluding carboxylic acids is 1. The number of hydrogen-bond donors (Lipinski definition) is 1.